The van der Waals surface area contributed by atoms with Crippen molar-refractivity contribution in [1.82, 2.24) is 34.1 Å². The highest BCUT2D eigenvalue weighted by Gasteiger charge is 2.14. The van der Waals surface area contributed by atoms with E-state index in [-0.39, 0.29) is 0 Å². The first-order chi connectivity index (χ1) is 13.2. The molecule has 0 fully saturated rings. The average molecular weight is 379 g/mol. The molecule has 5 aromatic heterocycles. The summed E-state index contributed by atoms with van der Waals surface area (Å²) >= 11 is 1.60. The van der Waals surface area contributed by atoms with E-state index in [1.165, 1.54) is 6.33 Å². The lowest BCUT2D eigenvalue weighted by molar-refractivity contribution is 0.399. The Kier molecular flexibility index (Phi) is 4.51. The van der Waals surface area contributed by atoms with Crippen LogP contribution < -0.4 is 4.74 Å². The lowest BCUT2D eigenvalue weighted by Gasteiger charge is -2.05. The van der Waals surface area contributed by atoms with Crippen molar-refractivity contribution in [1.29, 1.82) is 0 Å². The summed E-state index contributed by atoms with van der Waals surface area (Å²) in [6.45, 7) is 1.96. The van der Waals surface area contributed by atoms with Gasteiger partial charge in [-0.1, -0.05) is 0 Å². The van der Waals surface area contributed by atoms with Crippen LogP contribution in [0, 0.1) is 6.92 Å². The summed E-state index contributed by atoms with van der Waals surface area (Å²) < 4.78 is 9.13. The van der Waals surface area contributed by atoms with Crippen LogP contribution in [0.2, 0.25) is 0 Å². The highest BCUT2D eigenvalue weighted by atomic mass is 32.1. The zero-order chi connectivity index (χ0) is 18.8. The summed E-state index contributed by atoms with van der Waals surface area (Å²) in [5.74, 6) is 1.47. The van der Waals surface area contributed by atoms with Crippen molar-refractivity contribution in [2.24, 2.45) is 7.05 Å². The topological polar surface area (TPSA) is 83.0 Å². The molecule has 0 spiro atoms. The van der Waals surface area contributed by atoms with E-state index < -0.39 is 0 Å². The second-order valence-corrected chi connectivity index (χ2v) is 6.51. The minimum Gasteiger partial charge on any atom is -0.479 e. The van der Waals surface area contributed by atoms with Gasteiger partial charge in [0.25, 0.3) is 0 Å². The van der Waals surface area contributed by atoms with Crippen LogP contribution in [-0.2, 0) is 7.05 Å². The van der Waals surface area contributed by atoms with Crippen LogP contribution in [-0.4, -0.2) is 41.2 Å². The third kappa shape index (κ3) is 3.13. The molecule has 5 heterocycles. The third-order valence-corrected chi connectivity index (χ3v) is 4.76. The Bertz CT molecular complexity index is 1180. The average Bonchev–Trinajstić information content (AvgIpc) is 3.44. The summed E-state index contributed by atoms with van der Waals surface area (Å²) in [6, 6.07) is 4.06. The van der Waals surface area contributed by atoms with Crippen molar-refractivity contribution in [2.45, 2.75) is 6.92 Å². The number of hydrogen-bond donors (Lipinski definition) is 0. The predicted molar refractivity (Wildman–Crippen MR) is 104 cm³/mol. The van der Waals surface area contributed by atoms with E-state index >= 15 is 0 Å². The quantitative estimate of drug-likeness (QED) is 0.469. The maximum atomic E-state index is 5.35. The van der Waals surface area contributed by atoms with Crippen LogP contribution in [0.15, 0.2) is 47.9 Å². The Hall–Kier alpha value is -3.33. The highest BCUT2D eigenvalue weighted by molar-refractivity contribution is 7.07. The molecule has 27 heavy (non-hydrogen) atoms. The smallest absolute Gasteiger partial charge is 0.241 e. The molecule has 8 nitrogen and oxygen atoms in total. The molecule has 0 amide bonds. The number of pyridine rings is 1. The van der Waals surface area contributed by atoms with Gasteiger partial charge in [-0.15, -0.1) is 11.3 Å². The molecule has 0 aliphatic carbocycles. The molecule has 136 valence electrons. The summed E-state index contributed by atoms with van der Waals surface area (Å²) in [4.78, 5) is 16.8. The van der Waals surface area contributed by atoms with Crippen molar-refractivity contribution in [3.63, 3.8) is 0 Å². The van der Waals surface area contributed by atoms with Gasteiger partial charge in [-0.25, -0.2) is 14.5 Å². The van der Waals surface area contributed by atoms with Crippen LogP contribution in [0.4, 0.5) is 0 Å². The molecule has 0 atom stereocenters. The summed E-state index contributed by atoms with van der Waals surface area (Å²) in [7, 11) is 3.59. The standard InChI is InChI=1S/C15H14N6O.C3H3NS/c1-9-19-14-12(20(9)2)6-10(7-16-14)11-4-5-21-13(11)15(22-3)17-8-18-21;1-2-5-3-4-1/h4-8H,1-3H3;1-3H. The number of methoxy groups -OCH3 is 1. The normalized spacial score (nSPS) is 10.8. The van der Waals surface area contributed by atoms with Crippen molar-refractivity contribution >= 4 is 28.0 Å². The number of fused-ring (bicyclic) bond motifs is 2. The zero-order valence-electron chi connectivity index (χ0n) is 15.1. The molecule has 0 aliphatic rings. The molecule has 9 heteroatoms. The first-order valence-electron chi connectivity index (χ1n) is 8.17. The van der Waals surface area contributed by atoms with Gasteiger partial charge >= 0.3 is 0 Å². The first kappa shape index (κ1) is 17.1. The van der Waals surface area contributed by atoms with E-state index in [9.17, 15) is 0 Å². The minimum absolute atomic E-state index is 0.538. The number of hydrogen-bond acceptors (Lipinski definition) is 7. The fourth-order valence-corrected chi connectivity index (χ4v) is 3.16. The van der Waals surface area contributed by atoms with Gasteiger partial charge in [0.1, 0.15) is 17.7 Å². The molecule has 0 saturated carbocycles. The van der Waals surface area contributed by atoms with E-state index in [2.05, 4.69) is 31.1 Å². The fraction of sp³-hybridized carbons (Fsp3) is 0.167. The van der Waals surface area contributed by atoms with Gasteiger partial charge in [-0.05, 0) is 19.1 Å². The van der Waals surface area contributed by atoms with E-state index in [1.54, 1.807) is 34.7 Å². The number of aromatic nitrogens is 7. The number of thiazole rings is 1. The minimum atomic E-state index is 0.538. The van der Waals surface area contributed by atoms with Gasteiger partial charge in [-0.2, -0.15) is 10.1 Å². The lowest BCUT2D eigenvalue weighted by atomic mass is 10.1. The monoisotopic (exact) mass is 379 g/mol. The largest absolute Gasteiger partial charge is 0.479 e. The van der Waals surface area contributed by atoms with E-state index in [1.807, 2.05) is 42.4 Å². The van der Waals surface area contributed by atoms with Gasteiger partial charge in [0.2, 0.25) is 5.88 Å². The van der Waals surface area contributed by atoms with E-state index in [4.69, 9.17) is 4.74 Å². The van der Waals surface area contributed by atoms with Gasteiger partial charge in [0, 0.05) is 42.1 Å². The Labute approximate surface area is 159 Å². The van der Waals surface area contributed by atoms with E-state index in [0.29, 0.717) is 5.88 Å². The maximum Gasteiger partial charge on any atom is 0.241 e. The van der Waals surface area contributed by atoms with Crippen molar-refractivity contribution in [3.8, 4) is 17.0 Å². The van der Waals surface area contributed by atoms with Crippen molar-refractivity contribution in [2.75, 3.05) is 7.11 Å². The molecular formula is C18H17N7OS. The summed E-state index contributed by atoms with van der Waals surface area (Å²) in [5, 5.41) is 6.14. The second kappa shape index (κ2) is 7.12. The molecule has 5 aromatic rings. The molecular weight excluding hydrogens is 362 g/mol. The fourth-order valence-electron chi connectivity index (χ4n) is 2.81. The Morgan fingerprint density at radius 3 is 2.81 bits per heavy atom. The molecule has 0 radical (unpaired) electrons. The van der Waals surface area contributed by atoms with Gasteiger partial charge in [0.05, 0.1) is 18.1 Å². The number of ether oxygens (including phenoxy) is 1. The molecule has 0 aliphatic heterocycles. The highest BCUT2D eigenvalue weighted by Crippen LogP contribution is 2.31. The molecule has 0 bridgehead atoms. The molecule has 0 aromatic carbocycles. The first-order valence-corrected chi connectivity index (χ1v) is 9.11. The van der Waals surface area contributed by atoms with Crippen LogP contribution >= 0.6 is 11.3 Å². The molecule has 0 saturated heterocycles. The zero-order valence-corrected chi connectivity index (χ0v) is 15.9. The SMILES string of the molecule is COc1ncnn2ccc(-c3cnc4nc(C)n(C)c4c3)c12.c1cscn1. The maximum absolute atomic E-state index is 5.35. The number of imidazole rings is 1. The van der Waals surface area contributed by atoms with Gasteiger partial charge in [-0.3, -0.25) is 4.98 Å². The van der Waals surface area contributed by atoms with Gasteiger partial charge in [0.15, 0.2) is 5.65 Å². The third-order valence-electron chi connectivity index (χ3n) is 4.23. The number of rotatable bonds is 2. The van der Waals surface area contributed by atoms with Crippen LogP contribution in [0.5, 0.6) is 5.88 Å². The predicted octanol–water partition coefficient (Wildman–Crippen LogP) is 3.14. The Balaban J connectivity index is 0.000000314. The molecule has 0 N–H and O–H groups in total. The summed E-state index contributed by atoms with van der Waals surface area (Å²) in [5.41, 5.74) is 6.31. The van der Waals surface area contributed by atoms with Crippen molar-refractivity contribution < 1.29 is 4.74 Å². The summed E-state index contributed by atoms with van der Waals surface area (Å²) in [6.07, 6.45) is 6.94. The van der Waals surface area contributed by atoms with Crippen LogP contribution in [0.1, 0.15) is 5.82 Å². The van der Waals surface area contributed by atoms with Crippen LogP contribution in [0.3, 0.4) is 0 Å². The molecule has 0 unspecified atom stereocenters. The lowest BCUT2D eigenvalue weighted by Crippen LogP contribution is -1.97. The van der Waals surface area contributed by atoms with Crippen molar-refractivity contribution in [3.05, 3.63) is 53.8 Å². The Morgan fingerprint density at radius 2 is 2.11 bits per heavy atom. The second-order valence-electron chi connectivity index (χ2n) is 5.75. The Morgan fingerprint density at radius 1 is 1.22 bits per heavy atom. The van der Waals surface area contributed by atoms with Gasteiger partial charge < -0.3 is 9.30 Å². The molecule has 5 rings (SSSR count). The number of nitrogens with zero attached hydrogens (tertiary/aromatic N) is 7. The van der Waals surface area contributed by atoms with Crippen LogP contribution in [0.25, 0.3) is 27.8 Å². The number of aryl methyl sites for hydroxylation is 2. The van der Waals surface area contributed by atoms with E-state index in [0.717, 1.165) is 33.6 Å².